The molecule has 98 valence electrons. The summed E-state index contributed by atoms with van der Waals surface area (Å²) in [5.74, 6) is -0.345. The third kappa shape index (κ3) is 3.23. The summed E-state index contributed by atoms with van der Waals surface area (Å²) in [6, 6.07) is 7.57. The van der Waals surface area contributed by atoms with Gasteiger partial charge in [0.05, 0.1) is 5.69 Å². The van der Waals surface area contributed by atoms with Crippen LogP contribution in [0.2, 0.25) is 0 Å². The van der Waals surface area contributed by atoms with E-state index in [-0.39, 0.29) is 12.2 Å². The average molecular weight is 276 g/mol. The highest BCUT2D eigenvalue weighted by Gasteiger charge is 2.12. The van der Waals surface area contributed by atoms with Crippen molar-refractivity contribution in [2.45, 2.75) is 11.5 Å². The number of thioether (sulfide) groups is 1. The molecule has 0 saturated carbocycles. The van der Waals surface area contributed by atoms with E-state index >= 15 is 0 Å². The lowest BCUT2D eigenvalue weighted by molar-refractivity contribution is 0.0692. The van der Waals surface area contributed by atoms with Gasteiger partial charge in [0.1, 0.15) is 24.2 Å². The summed E-state index contributed by atoms with van der Waals surface area (Å²) in [6.45, 7) is 0.0989. The number of carbonyl (C=O) groups is 1. The van der Waals surface area contributed by atoms with Crippen LogP contribution in [0, 0.1) is 0 Å². The zero-order valence-corrected chi connectivity index (χ0v) is 11.1. The molecule has 1 N–H and O–H groups in total. The van der Waals surface area contributed by atoms with Crippen LogP contribution in [0.4, 0.5) is 0 Å². The van der Waals surface area contributed by atoms with Gasteiger partial charge in [0.25, 0.3) is 0 Å². The third-order valence-electron chi connectivity index (χ3n) is 2.46. The second-order valence-corrected chi connectivity index (χ2v) is 4.48. The lowest BCUT2D eigenvalue weighted by Gasteiger charge is -2.10. The Balaban J connectivity index is 2.17. The Bertz CT molecular complexity index is 590. The molecule has 0 radical (unpaired) electrons. The summed E-state index contributed by atoms with van der Waals surface area (Å²) in [4.78, 5) is 19.7. The lowest BCUT2D eigenvalue weighted by Crippen LogP contribution is -2.08. The number of carboxylic acids is 1. The molecule has 1 heterocycles. The molecule has 0 atom stereocenters. The van der Waals surface area contributed by atoms with Crippen molar-refractivity contribution >= 4 is 17.7 Å². The first-order chi connectivity index (χ1) is 9.22. The predicted octanol–water partition coefficient (Wildman–Crippen LogP) is 2.48. The second kappa shape index (κ2) is 6.19. The molecule has 0 aliphatic carbocycles. The Morgan fingerprint density at radius 3 is 2.95 bits per heavy atom. The molecule has 19 heavy (non-hydrogen) atoms. The van der Waals surface area contributed by atoms with E-state index in [1.54, 1.807) is 11.8 Å². The summed E-state index contributed by atoms with van der Waals surface area (Å²) in [7, 11) is 0. The van der Waals surface area contributed by atoms with Crippen molar-refractivity contribution in [1.82, 2.24) is 9.97 Å². The van der Waals surface area contributed by atoms with Gasteiger partial charge in [-0.15, -0.1) is 11.8 Å². The number of aromatic nitrogens is 2. The lowest BCUT2D eigenvalue weighted by atomic mass is 10.2. The molecule has 1 aromatic heterocycles. The van der Waals surface area contributed by atoms with Crippen LogP contribution in [0.1, 0.15) is 16.1 Å². The molecular weight excluding hydrogens is 264 g/mol. The van der Waals surface area contributed by atoms with Gasteiger partial charge < -0.3 is 9.84 Å². The number of hydrogen-bond acceptors (Lipinski definition) is 5. The summed E-state index contributed by atoms with van der Waals surface area (Å²) in [5, 5.41) is 9.02. The van der Waals surface area contributed by atoms with Gasteiger partial charge in [-0.25, -0.2) is 14.8 Å². The van der Waals surface area contributed by atoms with Crippen molar-refractivity contribution < 1.29 is 14.6 Å². The molecule has 0 unspecified atom stereocenters. The smallest absolute Gasteiger partial charge is 0.339 e. The summed E-state index contributed by atoms with van der Waals surface area (Å²) < 4.78 is 5.63. The van der Waals surface area contributed by atoms with Gasteiger partial charge in [-0.3, -0.25) is 0 Å². The maximum Gasteiger partial charge on any atom is 0.339 e. The van der Waals surface area contributed by atoms with Gasteiger partial charge in [0.15, 0.2) is 0 Å². The molecule has 2 rings (SSSR count). The minimum absolute atomic E-state index is 0.0594. The minimum atomic E-state index is -1.06. The molecule has 6 heteroatoms. The van der Waals surface area contributed by atoms with Crippen LogP contribution in [-0.4, -0.2) is 27.3 Å². The van der Waals surface area contributed by atoms with E-state index in [0.717, 1.165) is 4.90 Å². The van der Waals surface area contributed by atoms with Crippen LogP contribution in [-0.2, 0) is 6.61 Å². The number of carboxylic acid groups (broad SMARTS) is 1. The second-order valence-electron chi connectivity index (χ2n) is 3.63. The van der Waals surface area contributed by atoms with Crippen LogP contribution in [0.25, 0.3) is 0 Å². The fourth-order valence-electron chi connectivity index (χ4n) is 1.53. The Kier molecular flexibility index (Phi) is 4.35. The molecule has 0 saturated heterocycles. The molecule has 2 aromatic rings. The number of hydrogen-bond donors (Lipinski definition) is 1. The molecule has 0 amide bonds. The zero-order chi connectivity index (χ0) is 13.7. The SMILES string of the molecule is CSc1ccccc1OCc1ncncc1C(=O)O. The summed E-state index contributed by atoms with van der Waals surface area (Å²) in [5.41, 5.74) is 0.419. The van der Waals surface area contributed by atoms with Crippen molar-refractivity contribution in [3.63, 3.8) is 0 Å². The van der Waals surface area contributed by atoms with Gasteiger partial charge in [0, 0.05) is 11.1 Å². The maximum atomic E-state index is 11.0. The van der Waals surface area contributed by atoms with Crippen molar-refractivity contribution in [1.29, 1.82) is 0 Å². The van der Waals surface area contributed by atoms with Crippen LogP contribution in [0.5, 0.6) is 5.75 Å². The highest BCUT2D eigenvalue weighted by molar-refractivity contribution is 7.98. The van der Waals surface area contributed by atoms with Gasteiger partial charge in [-0.2, -0.15) is 0 Å². The number of nitrogens with zero attached hydrogens (tertiary/aromatic N) is 2. The maximum absolute atomic E-state index is 11.0. The van der Waals surface area contributed by atoms with E-state index in [4.69, 9.17) is 9.84 Å². The van der Waals surface area contributed by atoms with Gasteiger partial charge in [-0.1, -0.05) is 12.1 Å². The Morgan fingerprint density at radius 2 is 2.21 bits per heavy atom. The fourth-order valence-corrected chi connectivity index (χ4v) is 2.08. The Labute approximate surface area is 114 Å². The fraction of sp³-hybridized carbons (Fsp3) is 0.154. The molecule has 5 nitrogen and oxygen atoms in total. The van der Waals surface area contributed by atoms with Gasteiger partial charge in [0.2, 0.25) is 0 Å². The Morgan fingerprint density at radius 1 is 1.42 bits per heavy atom. The van der Waals surface area contributed by atoms with Crippen molar-refractivity contribution in [3.05, 3.63) is 48.0 Å². The van der Waals surface area contributed by atoms with E-state index in [9.17, 15) is 4.79 Å². The number of rotatable bonds is 5. The van der Waals surface area contributed by atoms with Gasteiger partial charge >= 0.3 is 5.97 Å². The normalized spacial score (nSPS) is 10.2. The van der Waals surface area contributed by atoms with Crippen molar-refractivity contribution in [2.75, 3.05) is 6.26 Å². The van der Waals surface area contributed by atoms with Crippen molar-refractivity contribution in [3.8, 4) is 5.75 Å². The van der Waals surface area contributed by atoms with E-state index in [1.165, 1.54) is 12.5 Å². The average Bonchev–Trinajstić information content (AvgIpc) is 2.45. The Hall–Kier alpha value is -2.08. The van der Waals surface area contributed by atoms with Gasteiger partial charge in [-0.05, 0) is 18.4 Å². The number of para-hydroxylation sites is 1. The van der Waals surface area contributed by atoms with Crippen LogP contribution < -0.4 is 4.74 Å². The predicted molar refractivity (Wildman–Crippen MR) is 71.5 cm³/mol. The minimum Gasteiger partial charge on any atom is -0.486 e. The topological polar surface area (TPSA) is 72.3 Å². The molecule has 0 spiro atoms. The highest BCUT2D eigenvalue weighted by atomic mass is 32.2. The van der Waals surface area contributed by atoms with Crippen LogP contribution in [0.15, 0.2) is 41.7 Å². The molecule has 0 fully saturated rings. The largest absolute Gasteiger partial charge is 0.486 e. The standard InChI is InChI=1S/C13H12N2O3S/c1-19-12-5-3-2-4-11(12)18-7-10-9(13(16)17)6-14-8-15-10/h2-6,8H,7H2,1H3,(H,16,17). The third-order valence-corrected chi connectivity index (χ3v) is 3.24. The molecule has 0 aliphatic heterocycles. The summed E-state index contributed by atoms with van der Waals surface area (Å²) in [6.07, 6.45) is 4.54. The first kappa shape index (κ1) is 13.4. The first-order valence-corrected chi connectivity index (χ1v) is 6.73. The number of ether oxygens (including phenoxy) is 1. The molecular formula is C13H12N2O3S. The van der Waals surface area contributed by atoms with Crippen LogP contribution >= 0.6 is 11.8 Å². The molecule has 0 bridgehead atoms. The van der Waals surface area contributed by atoms with Crippen LogP contribution in [0.3, 0.4) is 0 Å². The molecule has 0 aliphatic rings. The highest BCUT2D eigenvalue weighted by Crippen LogP contribution is 2.27. The first-order valence-electron chi connectivity index (χ1n) is 5.50. The van der Waals surface area contributed by atoms with E-state index in [1.807, 2.05) is 30.5 Å². The monoisotopic (exact) mass is 276 g/mol. The molecule has 1 aromatic carbocycles. The number of aromatic carboxylic acids is 1. The summed E-state index contributed by atoms with van der Waals surface area (Å²) >= 11 is 1.57. The van der Waals surface area contributed by atoms with Crippen molar-refractivity contribution in [2.24, 2.45) is 0 Å². The van der Waals surface area contributed by atoms with E-state index in [2.05, 4.69) is 9.97 Å². The quantitative estimate of drug-likeness (QED) is 0.846. The zero-order valence-electron chi connectivity index (χ0n) is 10.2. The van der Waals surface area contributed by atoms with E-state index in [0.29, 0.717) is 11.4 Å². The van der Waals surface area contributed by atoms with E-state index < -0.39 is 5.97 Å². The number of benzene rings is 1.